The fourth-order valence-electron chi connectivity index (χ4n) is 1.92. The number of furan rings is 1. The molecule has 0 atom stereocenters. The van der Waals surface area contributed by atoms with Crippen LogP contribution in [-0.2, 0) is 13.1 Å². The minimum absolute atomic E-state index is 0.211. The van der Waals surface area contributed by atoms with Gasteiger partial charge in [0.1, 0.15) is 0 Å². The lowest BCUT2D eigenvalue weighted by molar-refractivity contribution is 0.0923. The lowest BCUT2D eigenvalue weighted by Crippen LogP contribution is -2.23. The Morgan fingerprint density at radius 3 is 2.50 bits per heavy atom. The topological polar surface area (TPSA) is 45.5 Å². The van der Waals surface area contributed by atoms with Gasteiger partial charge in [-0.25, -0.2) is 0 Å². The van der Waals surface area contributed by atoms with Crippen molar-refractivity contribution in [3.8, 4) is 0 Å². The first-order valence-electron chi connectivity index (χ1n) is 6.31. The van der Waals surface area contributed by atoms with Crippen molar-refractivity contribution in [1.29, 1.82) is 0 Å². The molecule has 0 fully saturated rings. The average Bonchev–Trinajstić information content (AvgIpc) is 2.83. The van der Waals surface area contributed by atoms with Crippen molar-refractivity contribution >= 4 is 17.5 Å². The minimum Gasteiger partial charge on any atom is -0.440 e. The molecule has 2 aromatic rings. The molecule has 0 unspecified atom stereocenters. The van der Waals surface area contributed by atoms with Crippen molar-refractivity contribution < 1.29 is 9.21 Å². The summed E-state index contributed by atoms with van der Waals surface area (Å²) in [4.78, 5) is 14.0. The van der Waals surface area contributed by atoms with Gasteiger partial charge in [0, 0.05) is 13.1 Å². The van der Waals surface area contributed by atoms with Gasteiger partial charge in [0.05, 0.1) is 0 Å². The van der Waals surface area contributed by atoms with Crippen LogP contribution in [0.4, 0.5) is 0 Å². The van der Waals surface area contributed by atoms with E-state index in [1.54, 1.807) is 12.1 Å². The maximum atomic E-state index is 11.9. The van der Waals surface area contributed by atoms with Gasteiger partial charge < -0.3 is 14.6 Å². The van der Waals surface area contributed by atoms with Crippen LogP contribution in [0.25, 0.3) is 0 Å². The predicted octanol–water partition coefficient (Wildman–Crippen LogP) is 2.92. The Kier molecular flexibility index (Phi) is 4.82. The van der Waals surface area contributed by atoms with Crippen LogP contribution >= 0.6 is 11.6 Å². The van der Waals surface area contributed by atoms with E-state index in [1.165, 1.54) is 5.56 Å². The summed E-state index contributed by atoms with van der Waals surface area (Å²) >= 11 is 5.65. The van der Waals surface area contributed by atoms with Gasteiger partial charge in [-0.15, -0.1) is 0 Å². The summed E-state index contributed by atoms with van der Waals surface area (Å²) in [5, 5.41) is 3.04. The monoisotopic (exact) mass is 292 g/mol. The van der Waals surface area contributed by atoms with Crippen LogP contribution in [-0.4, -0.2) is 24.9 Å². The van der Waals surface area contributed by atoms with Crippen LogP contribution in [0.3, 0.4) is 0 Å². The zero-order valence-electron chi connectivity index (χ0n) is 11.5. The summed E-state index contributed by atoms with van der Waals surface area (Å²) in [6.07, 6.45) is 0. The van der Waals surface area contributed by atoms with Crippen LogP contribution in [0.5, 0.6) is 0 Å². The highest BCUT2D eigenvalue weighted by Gasteiger charge is 2.11. The molecule has 1 aromatic heterocycles. The smallest absolute Gasteiger partial charge is 0.287 e. The van der Waals surface area contributed by atoms with Crippen molar-refractivity contribution in [1.82, 2.24) is 10.2 Å². The fraction of sp³-hybridized carbons (Fsp3) is 0.267. The molecule has 0 saturated carbocycles. The van der Waals surface area contributed by atoms with Crippen LogP contribution < -0.4 is 5.32 Å². The van der Waals surface area contributed by atoms with Gasteiger partial charge in [-0.1, -0.05) is 24.3 Å². The maximum absolute atomic E-state index is 11.9. The number of benzene rings is 1. The van der Waals surface area contributed by atoms with E-state index in [0.717, 1.165) is 12.1 Å². The molecule has 0 bridgehead atoms. The number of amides is 1. The van der Waals surface area contributed by atoms with E-state index in [0.29, 0.717) is 6.54 Å². The van der Waals surface area contributed by atoms with Crippen LogP contribution in [0.15, 0.2) is 40.8 Å². The van der Waals surface area contributed by atoms with Crippen LogP contribution in [0.2, 0.25) is 5.22 Å². The highest BCUT2D eigenvalue weighted by molar-refractivity contribution is 6.29. The molecule has 1 aromatic carbocycles. The third kappa shape index (κ3) is 3.85. The Hall–Kier alpha value is -1.78. The molecule has 0 spiro atoms. The Labute approximate surface area is 123 Å². The van der Waals surface area contributed by atoms with E-state index < -0.39 is 0 Å². The summed E-state index contributed by atoms with van der Waals surface area (Å²) in [5.74, 6) is -0.0448. The van der Waals surface area contributed by atoms with Gasteiger partial charge in [-0.2, -0.15) is 0 Å². The average molecular weight is 293 g/mol. The van der Waals surface area contributed by atoms with Gasteiger partial charge in [-0.3, -0.25) is 4.79 Å². The molecule has 1 heterocycles. The van der Waals surface area contributed by atoms with Crippen molar-refractivity contribution in [2.45, 2.75) is 13.1 Å². The highest BCUT2D eigenvalue weighted by Crippen LogP contribution is 2.14. The van der Waals surface area contributed by atoms with Crippen LogP contribution in [0, 0.1) is 0 Å². The van der Waals surface area contributed by atoms with E-state index in [9.17, 15) is 4.79 Å². The van der Waals surface area contributed by atoms with E-state index in [1.807, 2.05) is 32.3 Å². The summed E-state index contributed by atoms with van der Waals surface area (Å²) in [6, 6.07) is 11.1. The number of hydrogen-bond donors (Lipinski definition) is 1. The number of carbonyl (C=O) groups is 1. The minimum atomic E-state index is -0.267. The standard InChI is InChI=1S/C15H17ClN2O2/c1-18(2)10-12-6-4-3-5-11(12)9-17-15(19)13-7-8-14(16)20-13/h3-8H,9-10H2,1-2H3,(H,17,19). The summed E-state index contributed by atoms with van der Waals surface area (Å²) in [5.41, 5.74) is 2.28. The molecule has 0 aliphatic carbocycles. The lowest BCUT2D eigenvalue weighted by atomic mass is 10.1. The van der Waals surface area contributed by atoms with Gasteiger partial charge in [0.25, 0.3) is 5.91 Å². The largest absolute Gasteiger partial charge is 0.440 e. The second-order valence-electron chi connectivity index (χ2n) is 4.79. The van der Waals surface area contributed by atoms with E-state index in [2.05, 4.69) is 16.3 Å². The first kappa shape index (κ1) is 14.6. The molecule has 1 amide bonds. The predicted molar refractivity (Wildman–Crippen MR) is 78.7 cm³/mol. The van der Waals surface area contributed by atoms with Crippen molar-refractivity contribution in [3.63, 3.8) is 0 Å². The quantitative estimate of drug-likeness (QED) is 0.921. The maximum Gasteiger partial charge on any atom is 0.287 e. The Balaban J connectivity index is 2.02. The third-order valence-corrected chi connectivity index (χ3v) is 3.04. The number of rotatable bonds is 5. The Morgan fingerprint density at radius 1 is 1.20 bits per heavy atom. The zero-order chi connectivity index (χ0) is 14.5. The molecule has 0 aliphatic rings. The molecule has 4 nitrogen and oxygen atoms in total. The van der Waals surface area contributed by atoms with Gasteiger partial charge in [0.2, 0.25) is 0 Å². The molecular formula is C15H17ClN2O2. The molecule has 20 heavy (non-hydrogen) atoms. The lowest BCUT2D eigenvalue weighted by Gasteiger charge is -2.14. The van der Waals surface area contributed by atoms with Crippen molar-refractivity contribution in [3.05, 3.63) is 58.5 Å². The Bertz CT molecular complexity index is 593. The summed E-state index contributed by atoms with van der Waals surface area (Å²) in [6.45, 7) is 1.29. The molecule has 5 heteroatoms. The normalized spacial score (nSPS) is 10.8. The SMILES string of the molecule is CN(C)Cc1ccccc1CNC(=O)c1ccc(Cl)o1. The summed E-state index contributed by atoms with van der Waals surface area (Å²) in [7, 11) is 4.03. The second-order valence-corrected chi connectivity index (χ2v) is 5.17. The molecule has 0 radical (unpaired) electrons. The highest BCUT2D eigenvalue weighted by atomic mass is 35.5. The number of hydrogen-bond acceptors (Lipinski definition) is 3. The number of nitrogens with zero attached hydrogens (tertiary/aromatic N) is 1. The van der Waals surface area contributed by atoms with Gasteiger partial charge >= 0.3 is 0 Å². The zero-order valence-corrected chi connectivity index (χ0v) is 12.3. The molecule has 2 rings (SSSR count). The van der Waals surface area contributed by atoms with E-state index in [-0.39, 0.29) is 16.9 Å². The molecule has 106 valence electrons. The van der Waals surface area contributed by atoms with E-state index >= 15 is 0 Å². The van der Waals surface area contributed by atoms with Crippen LogP contribution in [0.1, 0.15) is 21.7 Å². The molecule has 0 aliphatic heterocycles. The van der Waals surface area contributed by atoms with Gasteiger partial charge in [0.15, 0.2) is 11.0 Å². The number of nitrogens with one attached hydrogen (secondary N) is 1. The molecular weight excluding hydrogens is 276 g/mol. The van der Waals surface area contributed by atoms with Crippen molar-refractivity contribution in [2.24, 2.45) is 0 Å². The number of halogens is 1. The molecule has 0 saturated heterocycles. The van der Waals surface area contributed by atoms with Gasteiger partial charge in [-0.05, 0) is 49.0 Å². The fourth-order valence-corrected chi connectivity index (χ4v) is 2.07. The Morgan fingerprint density at radius 2 is 1.90 bits per heavy atom. The van der Waals surface area contributed by atoms with Crippen molar-refractivity contribution in [2.75, 3.05) is 14.1 Å². The number of carbonyl (C=O) groups excluding carboxylic acids is 1. The third-order valence-electron chi connectivity index (χ3n) is 2.84. The first-order valence-corrected chi connectivity index (χ1v) is 6.69. The molecule has 1 N–H and O–H groups in total. The van der Waals surface area contributed by atoms with E-state index in [4.69, 9.17) is 16.0 Å². The second kappa shape index (κ2) is 6.59. The first-order chi connectivity index (χ1) is 9.56. The summed E-state index contributed by atoms with van der Waals surface area (Å²) < 4.78 is 5.07.